The number of amidine groups is 1. The van der Waals surface area contributed by atoms with Crippen molar-refractivity contribution in [1.29, 1.82) is 0 Å². The van der Waals surface area contributed by atoms with E-state index < -0.39 is 0 Å². The van der Waals surface area contributed by atoms with Crippen molar-refractivity contribution in [3.63, 3.8) is 0 Å². The second kappa shape index (κ2) is 12.1. The van der Waals surface area contributed by atoms with Crippen molar-refractivity contribution in [3.05, 3.63) is 35.6 Å². The minimum Gasteiger partial charge on any atom is -0.420 e. The Balaban J connectivity index is 1.59. The summed E-state index contributed by atoms with van der Waals surface area (Å²) >= 11 is 0. The van der Waals surface area contributed by atoms with E-state index in [0.29, 0.717) is 23.6 Å². The zero-order valence-electron chi connectivity index (χ0n) is 22.3. The first-order valence-corrected chi connectivity index (χ1v) is 14.2. The number of hydrogen-bond acceptors (Lipinski definition) is 4. The summed E-state index contributed by atoms with van der Waals surface area (Å²) in [6, 6.07) is 9.21. The summed E-state index contributed by atoms with van der Waals surface area (Å²) in [5.41, 5.74) is 2.18. The number of anilines is 1. The van der Waals surface area contributed by atoms with E-state index in [4.69, 9.17) is 9.73 Å². The zero-order chi connectivity index (χ0) is 24.8. The second-order valence-electron chi connectivity index (χ2n) is 10.7. The Labute approximate surface area is 212 Å². The number of amides is 1. The van der Waals surface area contributed by atoms with E-state index >= 15 is 0 Å². The van der Waals surface area contributed by atoms with Gasteiger partial charge in [0.05, 0.1) is 6.04 Å². The van der Waals surface area contributed by atoms with Crippen molar-refractivity contribution in [3.8, 4) is 0 Å². The molecule has 2 aliphatic carbocycles. The Morgan fingerprint density at radius 1 is 0.943 bits per heavy atom. The van der Waals surface area contributed by atoms with Crippen LogP contribution in [0.3, 0.4) is 0 Å². The van der Waals surface area contributed by atoms with Crippen molar-refractivity contribution in [2.24, 2.45) is 16.8 Å². The number of hydrogen-bond donors (Lipinski definition) is 0. The Morgan fingerprint density at radius 3 is 2.09 bits per heavy atom. The lowest BCUT2D eigenvalue weighted by Crippen LogP contribution is -2.43. The van der Waals surface area contributed by atoms with E-state index in [9.17, 15) is 4.79 Å². The minimum atomic E-state index is -0.0366. The monoisotopic (exact) mass is 479 g/mol. The third kappa shape index (κ3) is 6.10. The fraction of sp³-hybridized carbons (Fsp3) is 0.667. The van der Waals surface area contributed by atoms with Crippen molar-refractivity contribution >= 4 is 23.7 Å². The lowest BCUT2D eigenvalue weighted by Gasteiger charge is -2.33. The van der Waals surface area contributed by atoms with Crippen LogP contribution in [-0.4, -0.2) is 42.0 Å². The molecular formula is C30H45N3O2. The van der Waals surface area contributed by atoms with Gasteiger partial charge in [-0.3, -0.25) is 9.69 Å². The molecule has 0 bridgehead atoms. The van der Waals surface area contributed by atoms with Crippen LogP contribution < -0.4 is 4.90 Å². The first kappa shape index (κ1) is 25.8. The van der Waals surface area contributed by atoms with Gasteiger partial charge in [0.25, 0.3) is 5.91 Å². The summed E-state index contributed by atoms with van der Waals surface area (Å²) in [6.07, 6.45) is 14.4. The van der Waals surface area contributed by atoms with Crippen LogP contribution in [0.4, 0.5) is 5.69 Å². The first-order valence-electron chi connectivity index (χ1n) is 14.2. The molecule has 1 aromatic rings. The fourth-order valence-electron chi connectivity index (χ4n) is 6.18. The molecule has 4 rings (SSSR count). The van der Waals surface area contributed by atoms with Gasteiger partial charge in [0.1, 0.15) is 0 Å². The van der Waals surface area contributed by atoms with E-state index in [0.717, 1.165) is 18.7 Å². The van der Waals surface area contributed by atoms with Crippen molar-refractivity contribution in [1.82, 2.24) is 4.90 Å². The summed E-state index contributed by atoms with van der Waals surface area (Å²) < 4.78 is 6.26. The number of carbonyl (C=O) groups excluding carboxylic acids is 1. The maximum absolute atomic E-state index is 13.7. The molecule has 5 nitrogen and oxygen atoms in total. The van der Waals surface area contributed by atoms with Crippen LogP contribution in [0.2, 0.25) is 0 Å². The highest BCUT2D eigenvalue weighted by Gasteiger charge is 2.41. The molecule has 1 aromatic carbocycles. The Kier molecular flexibility index (Phi) is 8.91. The van der Waals surface area contributed by atoms with Crippen LogP contribution in [-0.2, 0) is 9.53 Å². The van der Waals surface area contributed by atoms with E-state index in [-0.39, 0.29) is 18.0 Å². The molecule has 5 heteroatoms. The summed E-state index contributed by atoms with van der Waals surface area (Å²) in [5.74, 6) is 1.46. The molecule has 2 saturated carbocycles. The molecule has 3 fully saturated rings. The normalized spacial score (nSPS) is 24.1. The fourth-order valence-corrected chi connectivity index (χ4v) is 6.18. The minimum absolute atomic E-state index is 0.0366. The van der Waals surface area contributed by atoms with Crippen molar-refractivity contribution in [2.75, 3.05) is 18.0 Å². The summed E-state index contributed by atoms with van der Waals surface area (Å²) in [6.45, 7) is 10.7. The Hall–Kier alpha value is -2.30. The lowest BCUT2D eigenvalue weighted by atomic mass is 9.84. The molecule has 1 amide bonds. The highest BCUT2D eigenvalue weighted by Crippen LogP contribution is 2.34. The molecule has 3 aliphatic rings. The number of carbonyl (C=O) groups is 1. The molecule has 1 heterocycles. The third-order valence-electron chi connectivity index (χ3n) is 8.54. The smallest absolute Gasteiger partial charge is 0.300 e. The predicted molar refractivity (Wildman–Crippen MR) is 145 cm³/mol. The second-order valence-corrected chi connectivity index (χ2v) is 10.7. The van der Waals surface area contributed by atoms with E-state index in [1.807, 2.05) is 11.0 Å². The topological polar surface area (TPSA) is 45.1 Å². The van der Waals surface area contributed by atoms with Gasteiger partial charge in [0.15, 0.2) is 5.76 Å². The molecule has 35 heavy (non-hydrogen) atoms. The van der Waals surface area contributed by atoms with Gasteiger partial charge in [-0.25, -0.2) is 4.99 Å². The Bertz CT molecular complexity index is 891. The predicted octanol–water partition coefficient (Wildman–Crippen LogP) is 7.03. The molecule has 0 N–H and O–H groups in total. The van der Waals surface area contributed by atoms with E-state index in [2.05, 4.69) is 56.9 Å². The number of aliphatic imine (C=N–C) groups is 1. The van der Waals surface area contributed by atoms with Gasteiger partial charge in [-0.2, -0.15) is 0 Å². The number of rotatable bonds is 8. The quantitative estimate of drug-likeness (QED) is 0.376. The summed E-state index contributed by atoms with van der Waals surface area (Å²) in [7, 11) is 0. The maximum Gasteiger partial charge on any atom is 0.300 e. The number of ether oxygens (including phenoxy) is 1. The number of nitrogens with zero attached hydrogens (tertiary/aromatic N) is 3. The van der Waals surface area contributed by atoms with Gasteiger partial charge >= 0.3 is 6.02 Å². The van der Waals surface area contributed by atoms with Crippen LogP contribution >= 0.6 is 0 Å². The number of benzene rings is 1. The van der Waals surface area contributed by atoms with Crippen LogP contribution in [0.5, 0.6) is 0 Å². The first-order chi connectivity index (χ1) is 17.0. The van der Waals surface area contributed by atoms with Crippen LogP contribution in [0.1, 0.15) is 97.5 Å². The summed E-state index contributed by atoms with van der Waals surface area (Å²) in [5, 5.41) is 0. The van der Waals surface area contributed by atoms with Crippen LogP contribution in [0.25, 0.3) is 6.08 Å². The Morgan fingerprint density at radius 2 is 1.51 bits per heavy atom. The average Bonchev–Trinajstić information content (AvgIpc) is 3.20. The molecule has 0 aromatic heterocycles. The van der Waals surface area contributed by atoms with Gasteiger partial charge in [0, 0.05) is 24.8 Å². The van der Waals surface area contributed by atoms with Gasteiger partial charge in [0.2, 0.25) is 0 Å². The van der Waals surface area contributed by atoms with Gasteiger partial charge < -0.3 is 9.64 Å². The maximum atomic E-state index is 13.7. The highest BCUT2D eigenvalue weighted by atomic mass is 16.5. The van der Waals surface area contributed by atoms with E-state index in [1.54, 1.807) is 0 Å². The molecule has 192 valence electrons. The molecule has 1 saturated heterocycles. The van der Waals surface area contributed by atoms with Gasteiger partial charge in [-0.1, -0.05) is 50.7 Å². The molecule has 1 aliphatic heterocycles. The highest BCUT2D eigenvalue weighted by molar-refractivity contribution is 6.11. The molecule has 2 atom stereocenters. The zero-order valence-corrected chi connectivity index (χ0v) is 22.3. The van der Waals surface area contributed by atoms with E-state index in [1.165, 1.54) is 69.9 Å². The summed E-state index contributed by atoms with van der Waals surface area (Å²) in [4.78, 5) is 22.9. The molecule has 0 radical (unpaired) electrons. The molecule has 2 unspecified atom stereocenters. The van der Waals surface area contributed by atoms with Crippen molar-refractivity contribution < 1.29 is 9.53 Å². The average molecular weight is 480 g/mol. The SMILES string of the molecule is CCN(CC)c1ccc(C=C2OC(=NC(C)C3CCCCC3)N(C(C)C3CCCCC3)C2=O)cc1. The molecular weight excluding hydrogens is 434 g/mol. The standard InChI is InChI=1S/C30H45N3O2/c1-5-32(6-2)27-19-17-24(18-20-27)21-28-29(34)33(23(4)26-15-11-8-12-16-26)30(35-28)31-22(3)25-13-9-7-10-14-25/h17-23,25-26H,5-16H2,1-4H3. The van der Waals surface area contributed by atoms with Crippen LogP contribution in [0.15, 0.2) is 35.0 Å². The van der Waals surface area contributed by atoms with Gasteiger partial charge in [-0.05, 0) is 89.0 Å². The van der Waals surface area contributed by atoms with Gasteiger partial charge in [-0.15, -0.1) is 0 Å². The van der Waals surface area contributed by atoms with Crippen LogP contribution in [0, 0.1) is 11.8 Å². The van der Waals surface area contributed by atoms with Crippen molar-refractivity contribution in [2.45, 2.75) is 104 Å². The molecule has 0 spiro atoms. The lowest BCUT2D eigenvalue weighted by molar-refractivity contribution is -0.125. The third-order valence-corrected chi connectivity index (χ3v) is 8.54. The largest absolute Gasteiger partial charge is 0.420 e.